The molecule has 0 atom stereocenters. The normalized spacial score (nSPS) is 14.7. The van der Waals surface area contributed by atoms with Crippen LogP contribution < -0.4 is 4.90 Å². The molecule has 0 spiro atoms. The number of carbonyl (C=O) groups is 2. The minimum Gasteiger partial charge on any atom is -0.368 e. The van der Waals surface area contributed by atoms with E-state index in [2.05, 4.69) is 22.0 Å². The molecule has 25 heavy (non-hydrogen) atoms. The summed E-state index contributed by atoms with van der Waals surface area (Å²) in [6, 6.07) is 10.3. The molecule has 132 valence electrons. The predicted octanol–water partition coefficient (Wildman–Crippen LogP) is 3.05. The lowest BCUT2D eigenvalue weighted by Gasteiger charge is -2.36. The molecule has 1 N–H and O–H groups in total. The molecule has 0 aliphatic carbocycles. The number of aromatic nitrogens is 1. The maximum absolute atomic E-state index is 13.0. The van der Waals surface area contributed by atoms with Crippen molar-refractivity contribution in [2.75, 3.05) is 31.1 Å². The van der Waals surface area contributed by atoms with Gasteiger partial charge in [-0.15, -0.1) is 0 Å². The largest absolute Gasteiger partial charge is 0.368 e. The molecule has 0 radical (unpaired) electrons. The topological polar surface area (TPSA) is 56.4 Å². The number of nitrogens with one attached hydrogen (secondary N) is 1. The SMILES string of the molecule is CCc1c(C(=O)N2CCN(c3ccccc3)CC2)[nH]c(C)c1C(C)=O. The number of amides is 1. The molecule has 0 saturated carbocycles. The van der Waals surface area contributed by atoms with Gasteiger partial charge in [-0.2, -0.15) is 0 Å². The maximum atomic E-state index is 13.0. The molecule has 2 aromatic rings. The van der Waals surface area contributed by atoms with Crippen LogP contribution in [-0.4, -0.2) is 47.8 Å². The summed E-state index contributed by atoms with van der Waals surface area (Å²) in [4.78, 5) is 32.2. The van der Waals surface area contributed by atoms with Crippen molar-refractivity contribution in [1.82, 2.24) is 9.88 Å². The highest BCUT2D eigenvalue weighted by atomic mass is 16.2. The third-order valence-electron chi connectivity index (χ3n) is 4.90. The second-order valence-electron chi connectivity index (χ2n) is 6.50. The zero-order valence-corrected chi connectivity index (χ0v) is 15.1. The summed E-state index contributed by atoms with van der Waals surface area (Å²) in [5, 5.41) is 0. The number of anilines is 1. The van der Waals surface area contributed by atoms with Crippen LogP contribution >= 0.6 is 0 Å². The van der Waals surface area contributed by atoms with Crippen molar-refractivity contribution in [3.05, 3.63) is 52.8 Å². The Hall–Kier alpha value is -2.56. The van der Waals surface area contributed by atoms with E-state index in [-0.39, 0.29) is 11.7 Å². The third-order valence-corrected chi connectivity index (χ3v) is 4.90. The van der Waals surface area contributed by atoms with Crippen molar-refractivity contribution in [1.29, 1.82) is 0 Å². The zero-order valence-electron chi connectivity index (χ0n) is 15.1. The van der Waals surface area contributed by atoms with E-state index in [1.165, 1.54) is 5.69 Å². The maximum Gasteiger partial charge on any atom is 0.270 e. The van der Waals surface area contributed by atoms with Gasteiger partial charge in [0.1, 0.15) is 5.69 Å². The van der Waals surface area contributed by atoms with Gasteiger partial charge in [-0.05, 0) is 38.0 Å². The fourth-order valence-electron chi connectivity index (χ4n) is 3.65. The molecule has 1 aliphatic rings. The Labute approximate surface area is 148 Å². The first-order chi connectivity index (χ1) is 12.0. The second-order valence-corrected chi connectivity index (χ2v) is 6.50. The molecule has 0 unspecified atom stereocenters. The number of para-hydroxylation sites is 1. The molecule has 1 aromatic heterocycles. The number of piperazine rings is 1. The molecule has 2 heterocycles. The molecular formula is C20H25N3O2. The van der Waals surface area contributed by atoms with Crippen LogP contribution in [0, 0.1) is 6.92 Å². The first-order valence-corrected chi connectivity index (χ1v) is 8.84. The van der Waals surface area contributed by atoms with Gasteiger partial charge in [-0.25, -0.2) is 0 Å². The van der Waals surface area contributed by atoms with Crippen molar-refractivity contribution in [2.24, 2.45) is 0 Å². The van der Waals surface area contributed by atoms with Gasteiger partial charge in [0.05, 0.1) is 0 Å². The van der Waals surface area contributed by atoms with E-state index in [0.717, 1.165) is 24.3 Å². The van der Waals surface area contributed by atoms with E-state index in [0.29, 0.717) is 30.8 Å². The Morgan fingerprint density at radius 1 is 1.08 bits per heavy atom. The number of nitrogens with zero attached hydrogens (tertiary/aromatic N) is 2. The fraction of sp³-hybridized carbons (Fsp3) is 0.400. The Morgan fingerprint density at radius 3 is 2.28 bits per heavy atom. The minimum absolute atomic E-state index is 0.000150. The first-order valence-electron chi connectivity index (χ1n) is 8.84. The molecule has 3 rings (SSSR count). The van der Waals surface area contributed by atoms with Crippen LogP contribution in [0.3, 0.4) is 0 Å². The highest BCUT2D eigenvalue weighted by Gasteiger charge is 2.27. The number of ketones is 1. The van der Waals surface area contributed by atoms with E-state index < -0.39 is 0 Å². The van der Waals surface area contributed by atoms with Crippen LogP contribution in [0.25, 0.3) is 0 Å². The average molecular weight is 339 g/mol. The van der Waals surface area contributed by atoms with Gasteiger partial charge >= 0.3 is 0 Å². The van der Waals surface area contributed by atoms with Gasteiger partial charge in [0.15, 0.2) is 5.78 Å². The van der Waals surface area contributed by atoms with Crippen LogP contribution in [-0.2, 0) is 6.42 Å². The molecule has 5 heteroatoms. The summed E-state index contributed by atoms with van der Waals surface area (Å²) in [7, 11) is 0. The van der Waals surface area contributed by atoms with Crippen molar-refractivity contribution < 1.29 is 9.59 Å². The summed E-state index contributed by atoms with van der Waals surface area (Å²) in [5.41, 5.74) is 4.08. The summed E-state index contributed by atoms with van der Waals surface area (Å²) < 4.78 is 0. The average Bonchev–Trinajstić information content (AvgIpc) is 2.98. The predicted molar refractivity (Wildman–Crippen MR) is 99.5 cm³/mol. The smallest absolute Gasteiger partial charge is 0.270 e. The number of Topliss-reactive ketones (excluding diaryl/α,β-unsaturated/α-hetero) is 1. The van der Waals surface area contributed by atoms with Crippen molar-refractivity contribution in [3.63, 3.8) is 0 Å². The zero-order chi connectivity index (χ0) is 18.0. The van der Waals surface area contributed by atoms with Gasteiger partial charge in [0.2, 0.25) is 0 Å². The molecule has 0 bridgehead atoms. The summed E-state index contributed by atoms with van der Waals surface area (Å²) in [5.74, 6) is 0.0127. The van der Waals surface area contributed by atoms with Crippen LogP contribution in [0.1, 0.15) is 46.0 Å². The highest BCUT2D eigenvalue weighted by Crippen LogP contribution is 2.23. The monoisotopic (exact) mass is 339 g/mol. The lowest BCUT2D eigenvalue weighted by Crippen LogP contribution is -2.49. The van der Waals surface area contributed by atoms with E-state index in [4.69, 9.17) is 0 Å². The molecule has 5 nitrogen and oxygen atoms in total. The molecule has 1 saturated heterocycles. The van der Waals surface area contributed by atoms with Crippen LogP contribution in [0.2, 0.25) is 0 Å². The highest BCUT2D eigenvalue weighted by molar-refractivity contribution is 6.02. The van der Waals surface area contributed by atoms with E-state index >= 15 is 0 Å². The Balaban J connectivity index is 1.75. The number of aryl methyl sites for hydroxylation is 1. The molecule has 1 amide bonds. The number of rotatable bonds is 4. The van der Waals surface area contributed by atoms with Gasteiger partial charge in [-0.3, -0.25) is 9.59 Å². The van der Waals surface area contributed by atoms with Crippen LogP contribution in [0.5, 0.6) is 0 Å². The molecular weight excluding hydrogens is 314 g/mol. The fourth-order valence-corrected chi connectivity index (χ4v) is 3.65. The van der Waals surface area contributed by atoms with Crippen molar-refractivity contribution in [3.8, 4) is 0 Å². The Morgan fingerprint density at radius 2 is 1.72 bits per heavy atom. The van der Waals surface area contributed by atoms with Gasteiger partial charge in [-0.1, -0.05) is 25.1 Å². The number of carbonyl (C=O) groups excluding carboxylic acids is 2. The Bertz CT molecular complexity index is 772. The number of aromatic amines is 1. The van der Waals surface area contributed by atoms with Crippen LogP contribution in [0.15, 0.2) is 30.3 Å². The Kier molecular flexibility index (Phi) is 4.93. The second kappa shape index (κ2) is 7.13. The van der Waals surface area contributed by atoms with Crippen LogP contribution in [0.4, 0.5) is 5.69 Å². The number of H-pyrrole nitrogens is 1. The summed E-state index contributed by atoms with van der Waals surface area (Å²) >= 11 is 0. The van der Waals surface area contributed by atoms with Gasteiger partial charge < -0.3 is 14.8 Å². The van der Waals surface area contributed by atoms with Crippen molar-refractivity contribution >= 4 is 17.4 Å². The molecule has 1 aliphatic heterocycles. The quantitative estimate of drug-likeness (QED) is 0.871. The number of hydrogen-bond acceptors (Lipinski definition) is 3. The minimum atomic E-state index is 0.000150. The third kappa shape index (κ3) is 3.31. The van der Waals surface area contributed by atoms with Gasteiger partial charge in [0, 0.05) is 43.1 Å². The summed E-state index contributed by atoms with van der Waals surface area (Å²) in [6.45, 7) is 8.41. The van der Waals surface area contributed by atoms with E-state index in [9.17, 15) is 9.59 Å². The van der Waals surface area contributed by atoms with Gasteiger partial charge in [0.25, 0.3) is 5.91 Å². The summed E-state index contributed by atoms with van der Waals surface area (Å²) in [6.07, 6.45) is 0.671. The molecule has 1 fully saturated rings. The number of benzene rings is 1. The lowest BCUT2D eigenvalue weighted by atomic mass is 10.0. The van der Waals surface area contributed by atoms with E-state index in [1.807, 2.05) is 36.9 Å². The number of hydrogen-bond donors (Lipinski definition) is 1. The molecule has 1 aromatic carbocycles. The van der Waals surface area contributed by atoms with E-state index in [1.54, 1.807) is 6.92 Å². The first kappa shape index (κ1) is 17.3. The lowest BCUT2D eigenvalue weighted by molar-refractivity contribution is 0.0740. The van der Waals surface area contributed by atoms with Crippen molar-refractivity contribution in [2.45, 2.75) is 27.2 Å². The standard InChI is InChI=1S/C20H25N3O2/c1-4-17-18(15(3)24)14(2)21-19(17)20(25)23-12-10-22(11-13-23)16-8-6-5-7-9-16/h5-9,21H,4,10-13H2,1-3H3.